The maximum Gasteiger partial charge on any atom is 0.0928 e. The number of hydrogen-bond donors (Lipinski definition) is 1. The molecule has 0 amide bonds. The Bertz CT molecular complexity index is 240. The fourth-order valence-electron chi connectivity index (χ4n) is 1.20. The summed E-state index contributed by atoms with van der Waals surface area (Å²) < 4.78 is 1.86. The van der Waals surface area contributed by atoms with Gasteiger partial charge in [-0.3, -0.25) is 4.68 Å². The molecule has 1 heterocycles. The van der Waals surface area contributed by atoms with E-state index in [0.717, 1.165) is 12.2 Å². The van der Waals surface area contributed by atoms with E-state index < -0.39 is 6.10 Å². The molecule has 0 unspecified atom stereocenters. The molecule has 1 N–H and O–H groups in total. The lowest BCUT2D eigenvalue weighted by Gasteiger charge is -2.11. The van der Waals surface area contributed by atoms with Gasteiger partial charge in [0.2, 0.25) is 0 Å². The van der Waals surface area contributed by atoms with Gasteiger partial charge in [0.05, 0.1) is 11.8 Å². The molecule has 0 bridgehead atoms. The van der Waals surface area contributed by atoms with Crippen molar-refractivity contribution in [2.45, 2.75) is 33.4 Å². The second-order valence-electron chi connectivity index (χ2n) is 3.51. The summed E-state index contributed by atoms with van der Waals surface area (Å²) >= 11 is 0. The molecule has 0 saturated heterocycles. The Hall–Kier alpha value is -0.830. The molecule has 0 aromatic carbocycles. The van der Waals surface area contributed by atoms with Crippen molar-refractivity contribution in [1.29, 1.82) is 0 Å². The van der Waals surface area contributed by atoms with E-state index in [1.807, 2.05) is 10.7 Å². The molecule has 3 heteroatoms. The van der Waals surface area contributed by atoms with Crippen molar-refractivity contribution in [2.24, 2.45) is 5.92 Å². The topological polar surface area (TPSA) is 38.0 Å². The summed E-state index contributed by atoms with van der Waals surface area (Å²) in [6.07, 6.45) is 1.30. The SMILES string of the molecule is CC(C)Cn1nccc1[C@H](C)O. The summed E-state index contributed by atoms with van der Waals surface area (Å²) in [5.41, 5.74) is 0.892. The highest BCUT2D eigenvalue weighted by Gasteiger charge is 2.08. The van der Waals surface area contributed by atoms with Gasteiger partial charge >= 0.3 is 0 Å². The standard InChI is InChI=1S/C9H16N2O/c1-7(2)6-11-9(8(3)12)4-5-10-11/h4-5,7-8,12H,6H2,1-3H3/t8-/m0/s1. The van der Waals surface area contributed by atoms with Crippen LogP contribution in [0.25, 0.3) is 0 Å². The van der Waals surface area contributed by atoms with E-state index in [1.54, 1.807) is 13.1 Å². The average molecular weight is 168 g/mol. The molecule has 1 atom stereocenters. The molecule has 0 saturated carbocycles. The molecule has 12 heavy (non-hydrogen) atoms. The first-order chi connectivity index (χ1) is 5.61. The predicted molar refractivity (Wildman–Crippen MR) is 47.7 cm³/mol. The van der Waals surface area contributed by atoms with Gasteiger partial charge < -0.3 is 5.11 Å². The zero-order chi connectivity index (χ0) is 9.14. The van der Waals surface area contributed by atoms with Gasteiger partial charge in [0.15, 0.2) is 0 Å². The van der Waals surface area contributed by atoms with Gasteiger partial charge in [-0.05, 0) is 18.9 Å². The molecular formula is C9H16N2O. The van der Waals surface area contributed by atoms with Crippen LogP contribution < -0.4 is 0 Å². The maximum atomic E-state index is 9.35. The van der Waals surface area contributed by atoms with Crippen molar-refractivity contribution in [1.82, 2.24) is 9.78 Å². The molecule has 0 radical (unpaired) electrons. The van der Waals surface area contributed by atoms with Crippen LogP contribution in [0.2, 0.25) is 0 Å². The molecule has 0 aliphatic carbocycles. The molecule has 68 valence electrons. The molecule has 0 aliphatic rings. The van der Waals surface area contributed by atoms with Gasteiger partial charge in [-0.25, -0.2) is 0 Å². The Kier molecular flexibility index (Phi) is 2.87. The molecular weight excluding hydrogens is 152 g/mol. The van der Waals surface area contributed by atoms with E-state index in [2.05, 4.69) is 18.9 Å². The zero-order valence-corrected chi connectivity index (χ0v) is 7.86. The summed E-state index contributed by atoms with van der Waals surface area (Å²) in [6.45, 7) is 6.89. The zero-order valence-electron chi connectivity index (χ0n) is 7.86. The fourth-order valence-corrected chi connectivity index (χ4v) is 1.20. The van der Waals surface area contributed by atoms with Gasteiger partial charge in [0.1, 0.15) is 0 Å². The van der Waals surface area contributed by atoms with E-state index in [-0.39, 0.29) is 0 Å². The lowest BCUT2D eigenvalue weighted by molar-refractivity contribution is 0.185. The van der Waals surface area contributed by atoms with E-state index in [9.17, 15) is 5.11 Å². The average Bonchev–Trinajstić information content (AvgIpc) is 2.33. The van der Waals surface area contributed by atoms with Gasteiger partial charge in [-0.1, -0.05) is 13.8 Å². The minimum atomic E-state index is -0.425. The summed E-state index contributed by atoms with van der Waals surface area (Å²) in [7, 11) is 0. The Labute approximate surface area is 73.0 Å². The highest BCUT2D eigenvalue weighted by Crippen LogP contribution is 2.12. The van der Waals surface area contributed by atoms with E-state index in [4.69, 9.17) is 0 Å². The van der Waals surface area contributed by atoms with E-state index in [0.29, 0.717) is 5.92 Å². The molecule has 0 fully saturated rings. The highest BCUT2D eigenvalue weighted by molar-refractivity contribution is 5.03. The Morgan fingerprint density at radius 3 is 2.67 bits per heavy atom. The second-order valence-corrected chi connectivity index (χ2v) is 3.51. The number of rotatable bonds is 3. The van der Waals surface area contributed by atoms with Crippen LogP contribution in [0.5, 0.6) is 0 Å². The first-order valence-corrected chi connectivity index (χ1v) is 4.31. The van der Waals surface area contributed by atoms with Gasteiger partial charge in [0.25, 0.3) is 0 Å². The summed E-state index contributed by atoms with van der Waals surface area (Å²) in [6, 6.07) is 1.85. The summed E-state index contributed by atoms with van der Waals surface area (Å²) in [5, 5.41) is 13.5. The third-order valence-electron chi connectivity index (χ3n) is 1.72. The smallest absolute Gasteiger partial charge is 0.0928 e. The molecule has 1 aromatic heterocycles. The molecule has 0 aliphatic heterocycles. The lowest BCUT2D eigenvalue weighted by atomic mass is 10.2. The Morgan fingerprint density at radius 1 is 1.50 bits per heavy atom. The number of aliphatic hydroxyl groups is 1. The lowest BCUT2D eigenvalue weighted by Crippen LogP contribution is -2.11. The summed E-state index contributed by atoms with van der Waals surface area (Å²) in [4.78, 5) is 0. The minimum absolute atomic E-state index is 0.425. The largest absolute Gasteiger partial charge is 0.387 e. The van der Waals surface area contributed by atoms with Gasteiger partial charge in [-0.2, -0.15) is 5.10 Å². The first kappa shape index (κ1) is 9.26. The third kappa shape index (κ3) is 2.08. The quantitative estimate of drug-likeness (QED) is 0.744. The number of aliphatic hydroxyl groups excluding tert-OH is 1. The van der Waals surface area contributed by atoms with Crippen LogP contribution in [0.15, 0.2) is 12.3 Å². The van der Waals surface area contributed by atoms with Crippen LogP contribution in [-0.2, 0) is 6.54 Å². The fraction of sp³-hybridized carbons (Fsp3) is 0.667. The van der Waals surface area contributed by atoms with Crippen molar-refractivity contribution in [2.75, 3.05) is 0 Å². The van der Waals surface area contributed by atoms with Crippen LogP contribution in [0, 0.1) is 5.92 Å². The molecule has 1 rings (SSSR count). The Balaban J connectivity index is 2.77. The van der Waals surface area contributed by atoms with Crippen molar-refractivity contribution >= 4 is 0 Å². The number of hydrogen-bond acceptors (Lipinski definition) is 2. The van der Waals surface area contributed by atoms with Gasteiger partial charge in [-0.15, -0.1) is 0 Å². The third-order valence-corrected chi connectivity index (χ3v) is 1.72. The molecule has 1 aromatic rings. The Morgan fingerprint density at radius 2 is 2.17 bits per heavy atom. The highest BCUT2D eigenvalue weighted by atomic mass is 16.3. The predicted octanol–water partition coefficient (Wildman–Crippen LogP) is 1.59. The second kappa shape index (κ2) is 3.72. The normalized spacial score (nSPS) is 13.8. The van der Waals surface area contributed by atoms with E-state index in [1.165, 1.54) is 0 Å². The number of nitrogens with zero attached hydrogens (tertiary/aromatic N) is 2. The van der Waals surface area contributed by atoms with Gasteiger partial charge in [0, 0.05) is 12.7 Å². The summed E-state index contributed by atoms with van der Waals surface area (Å²) in [5.74, 6) is 0.558. The van der Waals surface area contributed by atoms with Crippen LogP contribution in [0.4, 0.5) is 0 Å². The molecule has 3 nitrogen and oxygen atoms in total. The van der Waals surface area contributed by atoms with Crippen molar-refractivity contribution in [3.63, 3.8) is 0 Å². The maximum absolute atomic E-state index is 9.35. The van der Waals surface area contributed by atoms with Crippen molar-refractivity contribution < 1.29 is 5.11 Å². The van der Waals surface area contributed by atoms with Crippen LogP contribution in [-0.4, -0.2) is 14.9 Å². The minimum Gasteiger partial charge on any atom is -0.387 e. The van der Waals surface area contributed by atoms with Crippen LogP contribution >= 0.6 is 0 Å². The monoisotopic (exact) mass is 168 g/mol. The van der Waals surface area contributed by atoms with Crippen molar-refractivity contribution in [3.8, 4) is 0 Å². The van der Waals surface area contributed by atoms with E-state index >= 15 is 0 Å². The van der Waals surface area contributed by atoms with Crippen LogP contribution in [0.3, 0.4) is 0 Å². The van der Waals surface area contributed by atoms with Crippen LogP contribution in [0.1, 0.15) is 32.6 Å². The number of aromatic nitrogens is 2. The first-order valence-electron chi connectivity index (χ1n) is 4.31. The van der Waals surface area contributed by atoms with Crippen molar-refractivity contribution in [3.05, 3.63) is 18.0 Å². The molecule has 0 spiro atoms.